The summed E-state index contributed by atoms with van der Waals surface area (Å²) in [5.74, 6) is 0.833. The van der Waals surface area contributed by atoms with Crippen LogP contribution in [0.25, 0.3) is 0 Å². The highest BCUT2D eigenvalue weighted by Crippen LogP contribution is 2.12. The Bertz CT molecular complexity index is 416. The molecule has 2 rings (SSSR count). The van der Waals surface area contributed by atoms with Crippen LogP contribution in [0.3, 0.4) is 0 Å². The van der Waals surface area contributed by atoms with Crippen LogP contribution in [-0.2, 0) is 0 Å². The number of piperidine rings is 1. The Morgan fingerprint density at radius 1 is 1.26 bits per heavy atom. The minimum Gasteiger partial charge on any atom is -0.494 e. The quantitative estimate of drug-likeness (QED) is 0.818. The molecule has 0 aliphatic carbocycles. The van der Waals surface area contributed by atoms with Crippen molar-refractivity contribution in [3.8, 4) is 11.8 Å². The van der Waals surface area contributed by atoms with Crippen LogP contribution in [0.5, 0.6) is 5.75 Å². The van der Waals surface area contributed by atoms with Gasteiger partial charge in [0.05, 0.1) is 18.2 Å². The number of nitriles is 1. The molecule has 1 aliphatic heterocycles. The SMILES string of the molecule is N#Cc1ccc(OCCCN2CCC(N)CC2)cc1. The van der Waals surface area contributed by atoms with Crippen molar-refractivity contribution in [2.24, 2.45) is 5.73 Å². The molecule has 1 aromatic carbocycles. The smallest absolute Gasteiger partial charge is 0.119 e. The summed E-state index contributed by atoms with van der Waals surface area (Å²) in [6, 6.07) is 9.74. The fraction of sp³-hybridized carbons (Fsp3) is 0.533. The maximum Gasteiger partial charge on any atom is 0.119 e. The number of nitrogens with zero attached hydrogens (tertiary/aromatic N) is 2. The Balaban J connectivity index is 1.62. The van der Waals surface area contributed by atoms with Crippen LogP contribution in [0.4, 0.5) is 0 Å². The van der Waals surface area contributed by atoms with Gasteiger partial charge in [0.1, 0.15) is 5.75 Å². The highest BCUT2D eigenvalue weighted by molar-refractivity contribution is 5.34. The van der Waals surface area contributed by atoms with Gasteiger partial charge < -0.3 is 15.4 Å². The van der Waals surface area contributed by atoms with Crippen molar-refractivity contribution in [2.75, 3.05) is 26.2 Å². The molecule has 0 atom stereocenters. The summed E-state index contributed by atoms with van der Waals surface area (Å²) in [4.78, 5) is 2.45. The average Bonchev–Trinajstić information content (AvgIpc) is 2.46. The van der Waals surface area contributed by atoms with E-state index in [0.29, 0.717) is 18.2 Å². The van der Waals surface area contributed by atoms with Crippen LogP contribution in [0.15, 0.2) is 24.3 Å². The van der Waals surface area contributed by atoms with E-state index in [4.69, 9.17) is 15.7 Å². The van der Waals surface area contributed by atoms with E-state index in [1.165, 1.54) is 0 Å². The van der Waals surface area contributed by atoms with E-state index in [0.717, 1.165) is 44.6 Å². The van der Waals surface area contributed by atoms with E-state index in [-0.39, 0.29) is 0 Å². The van der Waals surface area contributed by atoms with Crippen molar-refractivity contribution in [2.45, 2.75) is 25.3 Å². The molecule has 0 amide bonds. The summed E-state index contributed by atoms with van der Waals surface area (Å²) < 4.78 is 5.66. The summed E-state index contributed by atoms with van der Waals surface area (Å²) in [7, 11) is 0. The number of likely N-dealkylation sites (tertiary alicyclic amines) is 1. The lowest BCUT2D eigenvalue weighted by atomic mass is 10.1. The maximum absolute atomic E-state index is 8.70. The second-order valence-electron chi connectivity index (χ2n) is 5.02. The van der Waals surface area contributed by atoms with E-state index >= 15 is 0 Å². The van der Waals surface area contributed by atoms with Crippen LogP contribution < -0.4 is 10.5 Å². The summed E-state index contributed by atoms with van der Waals surface area (Å²) >= 11 is 0. The van der Waals surface area contributed by atoms with Crippen molar-refractivity contribution >= 4 is 0 Å². The van der Waals surface area contributed by atoms with Crippen molar-refractivity contribution in [3.05, 3.63) is 29.8 Å². The Kier molecular flexibility index (Phi) is 5.20. The number of hydrogen-bond donors (Lipinski definition) is 1. The first-order valence-electron chi connectivity index (χ1n) is 6.89. The molecule has 1 aliphatic rings. The van der Waals surface area contributed by atoms with Crippen LogP contribution in [0.2, 0.25) is 0 Å². The van der Waals surface area contributed by atoms with Gasteiger partial charge in [0, 0.05) is 12.6 Å². The first-order valence-corrected chi connectivity index (χ1v) is 6.89. The Morgan fingerprint density at radius 2 is 1.95 bits per heavy atom. The Hall–Kier alpha value is -1.57. The molecule has 0 unspecified atom stereocenters. The predicted molar refractivity (Wildman–Crippen MR) is 74.9 cm³/mol. The van der Waals surface area contributed by atoms with Gasteiger partial charge in [-0.1, -0.05) is 0 Å². The van der Waals surface area contributed by atoms with Gasteiger partial charge in [-0.25, -0.2) is 0 Å². The summed E-state index contributed by atoms with van der Waals surface area (Å²) in [5, 5.41) is 8.70. The molecule has 1 aromatic rings. The van der Waals surface area contributed by atoms with E-state index < -0.39 is 0 Å². The minimum atomic E-state index is 0.395. The first kappa shape index (κ1) is 13.9. The maximum atomic E-state index is 8.70. The summed E-state index contributed by atoms with van der Waals surface area (Å²) in [6.45, 7) is 4.01. The zero-order valence-electron chi connectivity index (χ0n) is 11.2. The van der Waals surface area contributed by atoms with Crippen molar-refractivity contribution in [1.82, 2.24) is 4.90 Å². The van der Waals surface area contributed by atoms with E-state index in [9.17, 15) is 0 Å². The van der Waals surface area contributed by atoms with Crippen molar-refractivity contribution < 1.29 is 4.74 Å². The number of rotatable bonds is 5. The monoisotopic (exact) mass is 259 g/mol. The van der Waals surface area contributed by atoms with Gasteiger partial charge in [-0.3, -0.25) is 0 Å². The van der Waals surface area contributed by atoms with E-state index in [1.807, 2.05) is 12.1 Å². The minimum absolute atomic E-state index is 0.395. The topological polar surface area (TPSA) is 62.3 Å². The van der Waals surface area contributed by atoms with Crippen molar-refractivity contribution in [1.29, 1.82) is 5.26 Å². The largest absolute Gasteiger partial charge is 0.494 e. The van der Waals surface area contributed by atoms with Gasteiger partial charge in [0.15, 0.2) is 0 Å². The predicted octanol–water partition coefficient (Wildman–Crippen LogP) is 1.75. The molecule has 0 spiro atoms. The Morgan fingerprint density at radius 3 is 2.58 bits per heavy atom. The molecule has 0 bridgehead atoms. The molecule has 4 nitrogen and oxygen atoms in total. The van der Waals surface area contributed by atoms with Gasteiger partial charge in [-0.2, -0.15) is 5.26 Å². The summed E-state index contributed by atoms with van der Waals surface area (Å²) in [5.41, 5.74) is 6.54. The lowest BCUT2D eigenvalue weighted by Gasteiger charge is -2.29. The van der Waals surface area contributed by atoms with Crippen LogP contribution in [-0.4, -0.2) is 37.2 Å². The zero-order valence-corrected chi connectivity index (χ0v) is 11.2. The molecule has 1 fully saturated rings. The molecule has 19 heavy (non-hydrogen) atoms. The second-order valence-corrected chi connectivity index (χ2v) is 5.02. The number of nitrogens with two attached hydrogens (primary N) is 1. The molecule has 0 radical (unpaired) electrons. The van der Waals surface area contributed by atoms with Gasteiger partial charge in [0.25, 0.3) is 0 Å². The third-order valence-corrected chi connectivity index (χ3v) is 3.50. The zero-order chi connectivity index (χ0) is 13.5. The fourth-order valence-corrected chi connectivity index (χ4v) is 2.28. The normalized spacial score (nSPS) is 17.1. The van der Waals surface area contributed by atoms with Gasteiger partial charge in [-0.15, -0.1) is 0 Å². The molecule has 102 valence electrons. The van der Waals surface area contributed by atoms with Gasteiger partial charge in [0.2, 0.25) is 0 Å². The molecular formula is C15H21N3O. The lowest BCUT2D eigenvalue weighted by Crippen LogP contribution is -2.40. The van der Waals surface area contributed by atoms with Crippen LogP contribution >= 0.6 is 0 Å². The highest BCUT2D eigenvalue weighted by atomic mass is 16.5. The lowest BCUT2D eigenvalue weighted by molar-refractivity contribution is 0.194. The van der Waals surface area contributed by atoms with Gasteiger partial charge >= 0.3 is 0 Å². The van der Waals surface area contributed by atoms with Crippen molar-refractivity contribution in [3.63, 3.8) is 0 Å². The number of hydrogen-bond acceptors (Lipinski definition) is 4. The van der Waals surface area contributed by atoms with E-state index in [2.05, 4.69) is 11.0 Å². The van der Waals surface area contributed by atoms with Crippen LogP contribution in [0, 0.1) is 11.3 Å². The first-order chi connectivity index (χ1) is 9.28. The molecule has 0 saturated carbocycles. The average molecular weight is 259 g/mol. The molecule has 1 heterocycles. The molecule has 4 heteroatoms. The third-order valence-electron chi connectivity index (χ3n) is 3.50. The molecular weight excluding hydrogens is 238 g/mol. The molecule has 2 N–H and O–H groups in total. The second kappa shape index (κ2) is 7.13. The van der Waals surface area contributed by atoms with Crippen LogP contribution in [0.1, 0.15) is 24.8 Å². The molecule has 1 saturated heterocycles. The highest BCUT2D eigenvalue weighted by Gasteiger charge is 2.14. The molecule has 0 aromatic heterocycles. The summed E-state index contributed by atoms with van der Waals surface area (Å²) in [6.07, 6.45) is 3.24. The number of ether oxygens (including phenoxy) is 1. The Labute approximate surface area is 114 Å². The van der Waals surface area contributed by atoms with E-state index in [1.54, 1.807) is 12.1 Å². The standard InChI is InChI=1S/C15H21N3O/c16-12-13-2-4-15(5-3-13)19-11-1-8-18-9-6-14(17)7-10-18/h2-5,14H,1,6-11,17H2. The fourth-order valence-electron chi connectivity index (χ4n) is 2.28. The number of benzene rings is 1. The van der Waals surface area contributed by atoms with Gasteiger partial charge in [-0.05, 0) is 56.6 Å². The third kappa shape index (κ3) is 4.55.